The van der Waals surface area contributed by atoms with Gasteiger partial charge in [-0.25, -0.2) is 18.1 Å². The predicted molar refractivity (Wildman–Crippen MR) is 332 cm³/mol. The molecule has 12 rings (SSSR count). The predicted octanol–water partition coefficient (Wildman–Crippen LogP) is 11.8. The van der Waals surface area contributed by atoms with Gasteiger partial charge in [0, 0.05) is 77.2 Å². The van der Waals surface area contributed by atoms with Gasteiger partial charge in [0.05, 0.1) is 41.2 Å². The lowest BCUT2D eigenvalue weighted by Gasteiger charge is -2.63. The van der Waals surface area contributed by atoms with Crippen molar-refractivity contribution in [2.75, 3.05) is 13.2 Å². The Bertz CT molecular complexity index is 3630. The average molecular weight is 1240 g/mol. The van der Waals surface area contributed by atoms with Crippen LogP contribution in [-0.4, -0.2) is 113 Å². The van der Waals surface area contributed by atoms with Gasteiger partial charge in [-0.15, -0.1) is 0 Å². The second-order valence-electron chi connectivity index (χ2n) is 28.5. The second kappa shape index (κ2) is 23.2. The van der Waals surface area contributed by atoms with Crippen molar-refractivity contribution in [2.45, 2.75) is 208 Å². The summed E-state index contributed by atoms with van der Waals surface area (Å²) in [6.07, 6.45) is 9.23. The fraction of sp³-hybridized carbons (Fsp3) is 0.611. The van der Waals surface area contributed by atoms with Gasteiger partial charge in [-0.1, -0.05) is 117 Å². The van der Waals surface area contributed by atoms with Crippen LogP contribution in [0.25, 0.3) is 23.5 Å². The number of carbonyl (C=O) groups excluding carboxylic acids is 6. The molecule has 0 bridgehead atoms. The number of ether oxygens (including phenoxy) is 4. The monoisotopic (exact) mass is 1240 g/mol. The number of benzene rings is 2. The molecule has 0 radical (unpaired) electrons. The number of esters is 4. The van der Waals surface area contributed by atoms with Gasteiger partial charge in [0.2, 0.25) is 11.6 Å². The first-order valence-corrected chi connectivity index (χ1v) is 32.8. The molecule has 0 amide bonds. The zero-order valence-corrected chi connectivity index (χ0v) is 54.4. The number of aromatic nitrogens is 4. The summed E-state index contributed by atoms with van der Waals surface area (Å²) in [7, 11) is 0. The zero-order chi connectivity index (χ0) is 65.1. The number of hydrogen-bond acceptors (Lipinski definition) is 14. The summed E-state index contributed by atoms with van der Waals surface area (Å²) >= 11 is 0. The molecule has 8 aliphatic carbocycles. The Morgan fingerprint density at radius 2 is 1.03 bits per heavy atom. The van der Waals surface area contributed by atoms with Crippen LogP contribution in [0, 0.1) is 71.0 Å². The van der Waals surface area contributed by atoms with Crippen LogP contribution < -0.4 is 0 Å². The Kier molecular flexibility index (Phi) is 16.7. The van der Waals surface area contributed by atoms with Crippen LogP contribution in [0.15, 0.2) is 72.1 Å². The number of hydrogen-bond donors (Lipinski definition) is 2. The van der Waals surface area contributed by atoms with Crippen LogP contribution in [-0.2, 0) is 60.6 Å². The number of allylic oxidation sites excluding steroid dienone is 2. The van der Waals surface area contributed by atoms with Gasteiger partial charge in [-0.3, -0.25) is 28.8 Å². The highest BCUT2D eigenvalue weighted by atomic mass is 19.1. The van der Waals surface area contributed by atoms with E-state index < -0.39 is 129 Å². The fourth-order valence-corrected chi connectivity index (χ4v) is 19.6. The number of rotatable bonds is 14. The Labute approximate surface area is 526 Å². The summed E-state index contributed by atoms with van der Waals surface area (Å²) in [4.78, 5) is 78.0. The number of aryl methyl sites for hydroxylation is 2. The molecule has 8 aliphatic rings. The van der Waals surface area contributed by atoms with Gasteiger partial charge in [-0.2, -0.15) is 10.2 Å². The number of para-hydroxylation sites is 2. The Morgan fingerprint density at radius 1 is 0.600 bits per heavy atom. The molecule has 6 fully saturated rings. The summed E-state index contributed by atoms with van der Waals surface area (Å²) in [6.45, 7) is 20.9. The highest BCUT2D eigenvalue weighted by Crippen LogP contribution is 2.74. The number of aliphatic hydroxyl groups is 2. The molecule has 2 heterocycles. The summed E-state index contributed by atoms with van der Waals surface area (Å²) in [5.41, 5.74) is -1.68. The van der Waals surface area contributed by atoms with Gasteiger partial charge in [0.25, 0.3) is 0 Å². The van der Waals surface area contributed by atoms with Crippen molar-refractivity contribution in [1.29, 1.82) is 0 Å². The maximum absolute atomic E-state index is 18.3. The van der Waals surface area contributed by atoms with Crippen LogP contribution >= 0.6 is 0 Å². The van der Waals surface area contributed by atoms with Gasteiger partial charge in [0.15, 0.2) is 24.4 Å². The van der Waals surface area contributed by atoms with E-state index in [-0.39, 0.29) is 50.4 Å². The molecular weight excluding hydrogens is 1150 g/mol. The van der Waals surface area contributed by atoms with Crippen molar-refractivity contribution in [3.63, 3.8) is 0 Å². The lowest BCUT2D eigenvalue weighted by atomic mass is 9.43. The average Bonchev–Trinajstić information content (AvgIpc) is 1.28. The number of ketones is 2. The molecule has 6 saturated carbocycles. The largest absolute Gasteiger partial charge is 0.457 e. The molecular formula is C72H90F2N4O12. The molecule has 484 valence electrons. The van der Waals surface area contributed by atoms with E-state index in [1.54, 1.807) is 27.7 Å². The molecule has 0 spiro atoms. The summed E-state index contributed by atoms with van der Waals surface area (Å²) in [5, 5.41) is 33.7. The highest BCUT2D eigenvalue weighted by molar-refractivity contribution is 5.95. The number of alkyl halides is 2. The number of carbonyl (C=O) groups is 6. The van der Waals surface area contributed by atoms with Gasteiger partial charge in [-0.05, 0) is 136 Å². The molecule has 18 heteroatoms. The van der Waals surface area contributed by atoms with E-state index >= 15 is 8.78 Å². The minimum absolute atomic E-state index is 0.0566. The second-order valence-corrected chi connectivity index (χ2v) is 28.5. The quantitative estimate of drug-likeness (QED) is 0.0887. The van der Waals surface area contributed by atoms with Crippen molar-refractivity contribution in [3.8, 4) is 11.4 Å². The lowest BCUT2D eigenvalue weighted by molar-refractivity contribution is -0.234. The Morgan fingerprint density at radius 3 is 1.49 bits per heavy atom. The molecule has 16 nitrogen and oxygen atoms in total. The van der Waals surface area contributed by atoms with E-state index in [1.165, 1.54) is 0 Å². The van der Waals surface area contributed by atoms with E-state index in [1.807, 2.05) is 132 Å². The Balaban J connectivity index is 0.000000185. The normalized spacial score (nSPS) is 36.6. The van der Waals surface area contributed by atoms with Crippen LogP contribution in [0.3, 0.4) is 0 Å². The standard InChI is InChI=1S/2C36H45FN2O6/c1-7-31(42)44-20-30(41)36(45-32(43)8-2)22(4)15-26-25-14-13-24-16-27-23(19-39(38-27)28-12-10-9-11-21(28)3)17-33(24,5)35(25,37)29(40)18-34(26,36)6;1-7-31(42)44-20-30(41)36(45-32(43)8-2)22(4)15-26-25-14-13-24-16-28-23(19-38-39(28)27-12-10-9-11-21(27)3)17-33(24,5)35(25,37)29(40)18-34(26,36)6/h2*9-12,16,19,22,25-26,29,40H,7-8,13-15,17-18,20H2,1-6H3/t2*22-,25-,26-,29-,33-,34-,35-,36-/m00/s1. The Hall–Kier alpha value is -6.66. The summed E-state index contributed by atoms with van der Waals surface area (Å²) < 4.78 is 63.1. The molecule has 0 saturated heterocycles. The van der Waals surface area contributed by atoms with Crippen LogP contribution in [0.5, 0.6) is 0 Å². The van der Waals surface area contributed by atoms with Crippen molar-refractivity contribution in [1.82, 2.24) is 19.6 Å². The van der Waals surface area contributed by atoms with Crippen molar-refractivity contribution >= 4 is 47.6 Å². The van der Waals surface area contributed by atoms with Crippen LogP contribution in [0.2, 0.25) is 0 Å². The molecule has 0 aliphatic heterocycles. The number of nitrogens with zero attached hydrogens (tertiary/aromatic N) is 4. The molecule has 4 aromatic rings. The van der Waals surface area contributed by atoms with Crippen molar-refractivity contribution in [2.24, 2.45) is 57.2 Å². The van der Waals surface area contributed by atoms with E-state index in [0.29, 0.717) is 51.4 Å². The van der Waals surface area contributed by atoms with E-state index in [9.17, 15) is 39.0 Å². The van der Waals surface area contributed by atoms with Gasteiger partial charge < -0.3 is 29.2 Å². The highest BCUT2D eigenvalue weighted by Gasteiger charge is 2.79. The molecule has 2 N–H and O–H groups in total. The number of Topliss-reactive ketones (excluding diaryl/α,β-unsaturated/α-hetero) is 2. The first kappa shape index (κ1) is 64.9. The van der Waals surface area contributed by atoms with Crippen molar-refractivity contribution < 1.29 is 66.7 Å². The third-order valence-corrected chi connectivity index (χ3v) is 24.1. The van der Waals surface area contributed by atoms with E-state index in [4.69, 9.17) is 29.1 Å². The first-order chi connectivity index (χ1) is 42.5. The smallest absolute Gasteiger partial charge is 0.306 e. The third kappa shape index (κ3) is 9.24. The van der Waals surface area contributed by atoms with Crippen LogP contribution in [0.1, 0.15) is 180 Å². The SMILES string of the molecule is CCC(=O)OCC(=O)[C@@]1(OC(=O)CC)[C@@H](C)C[C@H]2[C@@H]3CCC4=Cc5c(cnn5-c5ccccc5C)C[C@]4(C)[C@@]3(F)[C@@H](O)C[C@@]21C.CCC(=O)OCC(=O)[C@@]1(OC(=O)CC)[C@@H](C)C[C@H]2[C@@H]3CCC4=Cc5nn(-c6ccccc6C)cc5C[C@]4(C)[C@@]3(F)[C@@H](O)C[C@@]21C. The molecule has 90 heavy (non-hydrogen) atoms. The van der Waals surface area contributed by atoms with E-state index in [0.717, 1.165) is 56.2 Å². The topological polar surface area (TPSA) is 215 Å². The van der Waals surface area contributed by atoms with Gasteiger partial charge >= 0.3 is 23.9 Å². The zero-order valence-electron chi connectivity index (χ0n) is 54.4. The minimum Gasteiger partial charge on any atom is -0.457 e. The number of aliphatic hydroxyl groups excluding tert-OH is 2. The fourth-order valence-electron chi connectivity index (χ4n) is 19.6. The first-order valence-electron chi connectivity index (χ1n) is 32.8. The molecule has 2 aromatic carbocycles. The maximum Gasteiger partial charge on any atom is 0.306 e. The van der Waals surface area contributed by atoms with E-state index in [2.05, 4.69) is 6.08 Å². The maximum atomic E-state index is 18.3. The minimum atomic E-state index is -1.98. The lowest BCUT2D eigenvalue weighted by Crippen LogP contribution is -2.70. The van der Waals surface area contributed by atoms with Gasteiger partial charge in [0.1, 0.15) is 11.3 Å². The molecule has 0 unspecified atom stereocenters. The molecule has 2 aromatic heterocycles. The molecule has 16 atom stereocenters. The van der Waals surface area contributed by atoms with Crippen molar-refractivity contribution in [3.05, 3.63) is 106 Å². The third-order valence-electron chi connectivity index (χ3n) is 24.1. The van der Waals surface area contributed by atoms with Crippen LogP contribution in [0.4, 0.5) is 8.78 Å². The summed E-state index contributed by atoms with van der Waals surface area (Å²) in [5.74, 6) is -5.89. The number of fused-ring (bicyclic) bond motifs is 12. The summed E-state index contributed by atoms with van der Waals surface area (Å²) in [6, 6.07) is 16.0. The number of halogens is 2.